The first-order valence-corrected chi connectivity index (χ1v) is 9.90. The van der Waals surface area contributed by atoms with Gasteiger partial charge in [-0.1, -0.05) is 17.7 Å². The van der Waals surface area contributed by atoms with E-state index in [-0.39, 0.29) is 18.6 Å². The second kappa shape index (κ2) is 11.3. The lowest BCUT2D eigenvalue weighted by Crippen LogP contribution is -2.41. The predicted molar refractivity (Wildman–Crippen MR) is 102 cm³/mol. The summed E-state index contributed by atoms with van der Waals surface area (Å²) in [4.78, 5) is 47.2. The van der Waals surface area contributed by atoms with Gasteiger partial charge in [-0.2, -0.15) is 0 Å². The van der Waals surface area contributed by atoms with E-state index in [1.54, 1.807) is 17.5 Å². The van der Waals surface area contributed by atoms with Gasteiger partial charge in [0.1, 0.15) is 0 Å². The Bertz CT molecular complexity index is 697. The van der Waals surface area contributed by atoms with E-state index in [0.29, 0.717) is 11.4 Å². The van der Waals surface area contributed by atoms with E-state index in [4.69, 9.17) is 4.74 Å². The Kier molecular flexibility index (Phi) is 8.70. The quantitative estimate of drug-likeness (QED) is 0.382. The summed E-state index contributed by atoms with van der Waals surface area (Å²) in [6.45, 7) is -0.0971. The number of ketones is 1. The lowest BCUT2D eigenvalue weighted by molar-refractivity contribution is -0.148. The van der Waals surface area contributed by atoms with Crippen LogP contribution in [0.3, 0.4) is 0 Å². The van der Waals surface area contributed by atoms with Crippen molar-refractivity contribution in [2.24, 2.45) is 0 Å². The Morgan fingerprint density at radius 3 is 2.70 bits per heavy atom. The summed E-state index contributed by atoms with van der Waals surface area (Å²) in [5, 5.41) is 6.50. The van der Waals surface area contributed by atoms with Gasteiger partial charge in [0.25, 0.3) is 5.91 Å². The maximum absolute atomic E-state index is 11.8. The number of carbonyl (C=O) groups is 4. The fourth-order valence-electron chi connectivity index (χ4n) is 2.67. The maximum Gasteiger partial charge on any atom is 0.321 e. The average Bonchev–Trinajstić information content (AvgIpc) is 3.20. The number of nitrogens with one attached hydrogen (secondary N) is 2. The molecule has 0 aliphatic heterocycles. The minimum Gasteiger partial charge on any atom is -0.456 e. The first kappa shape index (κ1) is 20.8. The number of allylic oxidation sites excluding steroid dienone is 1. The van der Waals surface area contributed by atoms with Gasteiger partial charge in [0.2, 0.25) is 0 Å². The number of amides is 3. The highest BCUT2D eigenvalue weighted by Gasteiger charge is 2.14. The van der Waals surface area contributed by atoms with Crippen LogP contribution in [0.2, 0.25) is 0 Å². The van der Waals surface area contributed by atoms with Crippen LogP contribution in [0.25, 0.3) is 0 Å². The molecule has 0 bridgehead atoms. The molecule has 0 radical (unpaired) electrons. The van der Waals surface area contributed by atoms with E-state index in [0.717, 1.165) is 19.3 Å². The van der Waals surface area contributed by atoms with Crippen LogP contribution in [0.4, 0.5) is 4.79 Å². The zero-order valence-corrected chi connectivity index (χ0v) is 15.9. The summed E-state index contributed by atoms with van der Waals surface area (Å²) >= 11 is 1.31. The summed E-state index contributed by atoms with van der Waals surface area (Å²) in [5.41, 5.74) is 1.33. The van der Waals surface area contributed by atoms with Crippen molar-refractivity contribution in [1.29, 1.82) is 0 Å². The number of hydrogen-bond donors (Lipinski definition) is 2. The van der Waals surface area contributed by atoms with Crippen molar-refractivity contribution < 1.29 is 23.9 Å². The van der Waals surface area contributed by atoms with Gasteiger partial charge in [-0.15, -0.1) is 11.3 Å². The molecular weight excluding hydrogens is 368 g/mol. The predicted octanol–water partition coefficient (Wildman–Crippen LogP) is 2.97. The molecule has 0 fully saturated rings. The van der Waals surface area contributed by atoms with Crippen molar-refractivity contribution >= 4 is 35.0 Å². The van der Waals surface area contributed by atoms with E-state index >= 15 is 0 Å². The Hall–Kier alpha value is -2.48. The molecular formula is C19H24N2O5S. The average molecular weight is 392 g/mol. The lowest BCUT2D eigenvalue weighted by atomic mass is 9.97. The van der Waals surface area contributed by atoms with Crippen molar-refractivity contribution in [3.63, 3.8) is 0 Å². The number of esters is 1. The molecule has 0 aromatic carbocycles. The van der Waals surface area contributed by atoms with Crippen LogP contribution in [-0.4, -0.2) is 36.8 Å². The van der Waals surface area contributed by atoms with Gasteiger partial charge in [-0.05, 0) is 43.6 Å². The first-order chi connectivity index (χ1) is 13.0. The van der Waals surface area contributed by atoms with Crippen LogP contribution in [0, 0.1) is 0 Å². The van der Waals surface area contributed by atoms with Crippen molar-refractivity contribution in [2.45, 2.75) is 44.9 Å². The third-order valence-corrected chi connectivity index (χ3v) is 5.00. The van der Waals surface area contributed by atoms with Gasteiger partial charge in [-0.3, -0.25) is 19.7 Å². The molecule has 8 heteroatoms. The van der Waals surface area contributed by atoms with Gasteiger partial charge >= 0.3 is 12.0 Å². The van der Waals surface area contributed by atoms with Crippen LogP contribution >= 0.6 is 11.3 Å². The standard InChI is InChI=1S/C19H24N2O5S/c22-15(16-7-4-12-27-16)8-9-18(24)26-13-17(23)21-19(25)20-11-10-14-5-2-1-3-6-14/h4-5,7,12H,1-3,6,8-11,13H2,(H2,20,21,23,25). The van der Waals surface area contributed by atoms with E-state index in [1.165, 1.54) is 29.8 Å². The molecule has 7 nitrogen and oxygen atoms in total. The smallest absolute Gasteiger partial charge is 0.321 e. The largest absolute Gasteiger partial charge is 0.456 e. The molecule has 0 atom stereocenters. The molecule has 1 aliphatic carbocycles. The summed E-state index contributed by atoms with van der Waals surface area (Å²) in [6, 6.07) is 2.84. The summed E-state index contributed by atoms with van der Waals surface area (Å²) in [7, 11) is 0. The second-order valence-electron chi connectivity index (χ2n) is 6.22. The number of imide groups is 1. The Morgan fingerprint density at radius 1 is 1.15 bits per heavy atom. The molecule has 2 rings (SSSR count). The maximum atomic E-state index is 11.8. The third kappa shape index (κ3) is 8.17. The van der Waals surface area contributed by atoms with Gasteiger partial charge in [0, 0.05) is 13.0 Å². The molecule has 3 amide bonds. The zero-order chi connectivity index (χ0) is 19.5. The van der Waals surface area contributed by atoms with Crippen LogP contribution in [0.1, 0.15) is 54.6 Å². The lowest BCUT2D eigenvalue weighted by Gasteiger charge is -2.13. The van der Waals surface area contributed by atoms with Gasteiger partial charge < -0.3 is 10.1 Å². The van der Waals surface area contributed by atoms with E-state index in [2.05, 4.69) is 16.7 Å². The monoisotopic (exact) mass is 392 g/mol. The third-order valence-electron chi connectivity index (χ3n) is 4.09. The normalized spacial score (nSPS) is 13.4. The molecule has 0 saturated carbocycles. The number of thiophene rings is 1. The van der Waals surface area contributed by atoms with Crippen molar-refractivity contribution in [1.82, 2.24) is 10.6 Å². The molecule has 1 aromatic heterocycles. The number of hydrogen-bond acceptors (Lipinski definition) is 6. The zero-order valence-electron chi connectivity index (χ0n) is 15.1. The number of ether oxygens (including phenoxy) is 1. The fraction of sp³-hybridized carbons (Fsp3) is 0.474. The molecule has 0 unspecified atom stereocenters. The van der Waals surface area contributed by atoms with Crippen LogP contribution in [0.15, 0.2) is 29.2 Å². The number of rotatable bonds is 9. The number of carbonyl (C=O) groups excluding carboxylic acids is 4. The Balaban J connectivity index is 1.55. The molecule has 1 heterocycles. The van der Waals surface area contributed by atoms with Crippen molar-refractivity contribution in [3.05, 3.63) is 34.0 Å². The molecule has 146 valence electrons. The van der Waals surface area contributed by atoms with Crippen LogP contribution < -0.4 is 10.6 Å². The highest BCUT2D eigenvalue weighted by Crippen LogP contribution is 2.19. The van der Waals surface area contributed by atoms with E-state index in [9.17, 15) is 19.2 Å². The molecule has 0 saturated heterocycles. The Morgan fingerprint density at radius 2 is 2.00 bits per heavy atom. The van der Waals surface area contributed by atoms with Crippen molar-refractivity contribution in [3.8, 4) is 0 Å². The molecule has 1 aliphatic rings. The highest BCUT2D eigenvalue weighted by atomic mass is 32.1. The summed E-state index contributed by atoms with van der Waals surface area (Å²) in [5.74, 6) is -1.50. The van der Waals surface area contributed by atoms with Gasteiger partial charge in [0.05, 0.1) is 11.3 Å². The van der Waals surface area contributed by atoms with Crippen LogP contribution in [0.5, 0.6) is 0 Å². The van der Waals surface area contributed by atoms with E-state index in [1.807, 2.05) is 0 Å². The molecule has 27 heavy (non-hydrogen) atoms. The topological polar surface area (TPSA) is 102 Å². The SMILES string of the molecule is O=C(COC(=O)CCC(=O)c1cccs1)NC(=O)NCCC1=CCCCC1. The summed E-state index contributed by atoms with van der Waals surface area (Å²) in [6.07, 6.45) is 7.44. The number of Topliss-reactive ketones (excluding diaryl/α,β-unsaturated/α-hetero) is 1. The van der Waals surface area contributed by atoms with Gasteiger partial charge in [0.15, 0.2) is 12.4 Å². The second-order valence-corrected chi connectivity index (χ2v) is 7.17. The minimum absolute atomic E-state index is 0.0251. The fourth-order valence-corrected chi connectivity index (χ4v) is 3.36. The highest BCUT2D eigenvalue weighted by molar-refractivity contribution is 7.12. The molecule has 0 spiro atoms. The van der Waals surface area contributed by atoms with Gasteiger partial charge in [-0.25, -0.2) is 4.79 Å². The first-order valence-electron chi connectivity index (χ1n) is 9.02. The molecule has 1 aromatic rings. The Labute approximate surface area is 162 Å². The number of urea groups is 1. The van der Waals surface area contributed by atoms with Crippen molar-refractivity contribution in [2.75, 3.05) is 13.2 Å². The summed E-state index contributed by atoms with van der Waals surface area (Å²) < 4.78 is 4.78. The molecule has 2 N–H and O–H groups in total. The van der Waals surface area contributed by atoms with Crippen LogP contribution in [-0.2, 0) is 14.3 Å². The van der Waals surface area contributed by atoms with E-state index < -0.39 is 24.5 Å². The minimum atomic E-state index is -0.706.